The van der Waals surface area contributed by atoms with Crippen molar-refractivity contribution in [1.29, 1.82) is 0 Å². The summed E-state index contributed by atoms with van der Waals surface area (Å²) in [7, 11) is 0. The molecule has 4 heteroatoms. The van der Waals surface area contributed by atoms with Crippen LogP contribution in [0.2, 0.25) is 0 Å². The Balaban J connectivity index is 1.13. The highest BCUT2D eigenvalue weighted by Crippen LogP contribution is 2.50. The molecule has 2 saturated carbocycles. The number of rotatable bonds is 2. The first-order chi connectivity index (χ1) is 26.6. The van der Waals surface area contributed by atoms with E-state index in [0.717, 1.165) is 79.2 Å². The van der Waals surface area contributed by atoms with Crippen LogP contribution in [-0.4, -0.2) is 20.5 Å². The number of Topliss-reactive ketones (excluding diaryl/α,β-unsaturated/α-hetero) is 2. The molecule has 0 amide bonds. The molecule has 0 atom stereocenters. The average Bonchev–Trinajstić information content (AvgIpc) is 3.73. The zero-order valence-electron chi connectivity index (χ0n) is 30.1. The molecule has 15 rings (SSSR count). The van der Waals surface area contributed by atoms with Gasteiger partial charge in [0.05, 0.1) is 27.6 Å². The van der Waals surface area contributed by atoms with Crippen molar-refractivity contribution in [2.45, 2.75) is 63.2 Å². The smallest absolute Gasteiger partial charge is 0.166 e. The predicted octanol–water partition coefficient (Wildman–Crippen LogP) is 12.5. The Kier molecular flexibility index (Phi) is 5.76. The lowest BCUT2D eigenvalue weighted by atomic mass is 9.82. The summed E-state index contributed by atoms with van der Waals surface area (Å²) in [5.74, 6) is 1.84. The number of carbonyl (C=O) groups excluding carboxylic acids is 2. The van der Waals surface area contributed by atoms with Crippen molar-refractivity contribution in [3.8, 4) is 16.8 Å². The molecule has 9 aromatic rings. The van der Waals surface area contributed by atoms with Crippen LogP contribution in [0.15, 0.2) is 109 Å². The topological polar surface area (TPSA) is 43.5 Å². The van der Waals surface area contributed by atoms with Crippen LogP contribution in [0.25, 0.3) is 76.7 Å². The van der Waals surface area contributed by atoms with Gasteiger partial charge >= 0.3 is 0 Å². The van der Waals surface area contributed by atoms with Crippen LogP contribution in [0, 0.1) is 11.8 Å². The van der Waals surface area contributed by atoms with Crippen molar-refractivity contribution in [3.63, 3.8) is 0 Å². The summed E-state index contributed by atoms with van der Waals surface area (Å²) in [4.78, 5) is 28.1. The largest absolute Gasteiger partial charge is 0.309 e. The first-order valence-corrected chi connectivity index (χ1v) is 20.1. The van der Waals surface area contributed by atoms with Crippen LogP contribution >= 0.6 is 0 Å². The van der Waals surface area contributed by atoms with Gasteiger partial charge in [0, 0.05) is 61.0 Å². The highest BCUT2D eigenvalue weighted by atomic mass is 16.1. The van der Waals surface area contributed by atoms with Gasteiger partial charge in [-0.15, -0.1) is 0 Å². The Morgan fingerprint density at radius 3 is 1.52 bits per heavy atom. The molecule has 3 heterocycles. The minimum absolute atomic E-state index is 0.143. The molecule has 0 aliphatic heterocycles. The van der Waals surface area contributed by atoms with Crippen LogP contribution in [0.3, 0.4) is 0 Å². The fourth-order valence-corrected chi connectivity index (χ4v) is 11.7. The zero-order valence-corrected chi connectivity index (χ0v) is 30.1. The third-order valence-electron chi connectivity index (χ3n) is 14.4. The minimum Gasteiger partial charge on any atom is -0.309 e. The van der Waals surface area contributed by atoms with Gasteiger partial charge in [0.1, 0.15) is 0 Å². The second-order valence-electron chi connectivity index (χ2n) is 16.9. The molecule has 2 fully saturated rings. The summed E-state index contributed by atoms with van der Waals surface area (Å²) in [5, 5.41) is 7.40. The molecule has 0 saturated heterocycles. The number of hydrogen-bond acceptors (Lipinski definition) is 2. The maximum absolute atomic E-state index is 14.0. The van der Waals surface area contributed by atoms with Crippen molar-refractivity contribution in [2.75, 3.05) is 0 Å². The molecule has 6 aliphatic rings. The molecule has 0 unspecified atom stereocenters. The van der Waals surface area contributed by atoms with Gasteiger partial charge in [-0.2, -0.15) is 0 Å². The first-order valence-electron chi connectivity index (χ1n) is 20.1. The maximum atomic E-state index is 14.0. The van der Waals surface area contributed by atoms with E-state index < -0.39 is 0 Å². The highest BCUT2D eigenvalue weighted by Gasteiger charge is 2.38. The Labute approximate surface area is 312 Å². The van der Waals surface area contributed by atoms with E-state index in [-0.39, 0.29) is 11.8 Å². The van der Waals surface area contributed by atoms with Crippen molar-refractivity contribution < 1.29 is 9.59 Å². The van der Waals surface area contributed by atoms with Crippen LogP contribution < -0.4 is 0 Å². The van der Waals surface area contributed by atoms with Crippen LogP contribution in [-0.2, 0) is 0 Å². The highest BCUT2D eigenvalue weighted by molar-refractivity contribution is 6.26. The number of fused-ring (bicyclic) bond motifs is 13. The second kappa shape index (κ2) is 10.5. The van der Waals surface area contributed by atoms with Gasteiger partial charge in [-0.05, 0) is 152 Å². The van der Waals surface area contributed by atoms with Crippen LogP contribution in [0.4, 0.5) is 0 Å². The standard InChI is InChI=1S/C50H38N2O2/c53-49-29-14-10-27(11-15-29)35-23-38-40-21-32(31-18-19-45-37(20-31)34-8-4-5-9-44(34)51(45)33-6-2-1-3-7-33)22-41-39-24-36-28-12-16-30(17-13-28)50(54)43(36)26-47(39)52(48(40)41)46(38)25-42(35)49/h1-9,18-30H,10-17H2. The number of para-hydroxylation sites is 2. The SMILES string of the molecule is O=C1c2cc3c(cc2C2CCC1CC2)c1cc(-c2ccc4c(c2)c2ccccc2n4-c2ccccc2)cc2c4cc5c(cc4n3c12)C(=O)C1CCC5CC1. The van der Waals surface area contributed by atoms with E-state index >= 15 is 0 Å². The van der Waals surface area contributed by atoms with E-state index in [1.165, 1.54) is 71.1 Å². The third-order valence-corrected chi connectivity index (χ3v) is 14.4. The molecule has 3 aromatic heterocycles. The van der Waals surface area contributed by atoms with Gasteiger partial charge in [0.15, 0.2) is 11.6 Å². The summed E-state index contributed by atoms with van der Waals surface area (Å²) in [6, 6.07) is 40.4. The summed E-state index contributed by atoms with van der Waals surface area (Å²) in [6.07, 6.45) is 8.39. The van der Waals surface area contributed by atoms with Crippen LogP contribution in [0.5, 0.6) is 0 Å². The molecular weight excluding hydrogens is 661 g/mol. The molecule has 6 aromatic carbocycles. The van der Waals surface area contributed by atoms with E-state index in [4.69, 9.17) is 0 Å². The Morgan fingerprint density at radius 2 is 0.907 bits per heavy atom. The summed E-state index contributed by atoms with van der Waals surface area (Å²) >= 11 is 0. The van der Waals surface area contributed by atoms with E-state index in [9.17, 15) is 9.59 Å². The molecule has 54 heavy (non-hydrogen) atoms. The summed E-state index contributed by atoms with van der Waals surface area (Å²) < 4.78 is 4.79. The first kappa shape index (κ1) is 29.7. The minimum atomic E-state index is 0.143. The van der Waals surface area contributed by atoms with Crippen molar-refractivity contribution in [2.24, 2.45) is 11.8 Å². The number of ketones is 2. The number of carbonyl (C=O) groups is 2. The Hall–Kier alpha value is -5.74. The fraction of sp³-hybridized carbons (Fsp3) is 0.240. The Bertz CT molecular complexity index is 2980. The van der Waals surface area contributed by atoms with Gasteiger partial charge in [-0.1, -0.05) is 42.5 Å². The molecule has 4 bridgehead atoms. The zero-order chi connectivity index (χ0) is 35.4. The molecule has 4 nitrogen and oxygen atoms in total. The molecule has 0 N–H and O–H groups in total. The van der Waals surface area contributed by atoms with Crippen molar-refractivity contribution in [3.05, 3.63) is 131 Å². The third kappa shape index (κ3) is 3.78. The van der Waals surface area contributed by atoms with Gasteiger partial charge in [-0.25, -0.2) is 0 Å². The molecule has 0 radical (unpaired) electrons. The van der Waals surface area contributed by atoms with Gasteiger partial charge < -0.3 is 8.97 Å². The average molecular weight is 699 g/mol. The van der Waals surface area contributed by atoms with E-state index in [0.29, 0.717) is 23.4 Å². The number of nitrogens with zero attached hydrogens (tertiary/aromatic N) is 2. The molecular formula is C50H38N2O2. The van der Waals surface area contributed by atoms with Crippen LogP contribution in [0.1, 0.15) is 95.0 Å². The van der Waals surface area contributed by atoms with Gasteiger partial charge in [0.2, 0.25) is 0 Å². The summed E-state index contributed by atoms with van der Waals surface area (Å²) in [5.41, 5.74) is 13.7. The van der Waals surface area contributed by atoms with Gasteiger partial charge in [-0.3, -0.25) is 9.59 Å². The normalized spacial score (nSPS) is 22.3. The van der Waals surface area contributed by atoms with E-state index in [1.54, 1.807) is 0 Å². The number of benzene rings is 6. The summed E-state index contributed by atoms with van der Waals surface area (Å²) in [6.45, 7) is 0. The molecule has 260 valence electrons. The molecule has 0 spiro atoms. The molecule has 6 aliphatic carbocycles. The lowest BCUT2D eigenvalue weighted by molar-refractivity contribution is 0.0891. The monoisotopic (exact) mass is 698 g/mol. The number of hydrogen-bond donors (Lipinski definition) is 0. The maximum Gasteiger partial charge on any atom is 0.166 e. The van der Waals surface area contributed by atoms with Gasteiger partial charge in [0.25, 0.3) is 0 Å². The fourth-order valence-electron chi connectivity index (χ4n) is 11.7. The predicted molar refractivity (Wildman–Crippen MR) is 219 cm³/mol. The second-order valence-corrected chi connectivity index (χ2v) is 16.9. The van der Waals surface area contributed by atoms with Crippen molar-refractivity contribution in [1.82, 2.24) is 8.97 Å². The quantitative estimate of drug-likeness (QED) is 0.180. The Morgan fingerprint density at radius 1 is 0.407 bits per heavy atom. The van der Waals surface area contributed by atoms with E-state index in [2.05, 4.69) is 118 Å². The van der Waals surface area contributed by atoms with Crippen molar-refractivity contribution >= 4 is 71.5 Å². The van der Waals surface area contributed by atoms with E-state index in [1.807, 2.05) is 0 Å². The number of aromatic nitrogens is 2. The lowest BCUT2D eigenvalue weighted by Crippen LogP contribution is -2.15. The lowest BCUT2D eigenvalue weighted by Gasteiger charge is -2.22.